The van der Waals surface area contributed by atoms with Crippen molar-refractivity contribution < 1.29 is 55.9 Å². The van der Waals surface area contributed by atoms with Gasteiger partial charge in [-0.3, -0.25) is 0 Å². The molecule has 0 N–H and O–H groups in total. The van der Waals surface area contributed by atoms with Crippen LogP contribution in [0.2, 0.25) is 0 Å². The van der Waals surface area contributed by atoms with Gasteiger partial charge < -0.3 is 0 Å². The molecule has 0 aromatic heterocycles. The molecule has 0 amide bonds. The van der Waals surface area contributed by atoms with E-state index in [9.17, 15) is 0 Å². The van der Waals surface area contributed by atoms with Crippen LogP contribution in [0.5, 0.6) is 0 Å². The van der Waals surface area contributed by atoms with E-state index >= 15 is 0 Å². The normalized spacial score (nSPS) is 0. The molecular formula is H7AgAlCuMgNiSn. The molecule has 0 rings (SSSR count). The molecule has 6 heavy (non-hydrogen) atoms. The van der Waals surface area contributed by atoms with Gasteiger partial charge in [-0.1, -0.05) is 0 Å². The Kier molecular flexibility index (Phi) is 319. The minimum absolute atomic E-state index is 0. The SMILES string of the molecule is [Ag].[AlH3].[Cu].[MgH2].[Ni].[SnH2]. The fourth-order valence-corrected chi connectivity index (χ4v) is 0. The summed E-state index contributed by atoms with van der Waals surface area (Å²) in [6.07, 6.45) is 0. The van der Waals surface area contributed by atoms with E-state index < -0.39 is 0 Å². The predicted molar refractivity (Wildman–Crippen MR) is 27.0 cm³/mol. The second-order valence-electron chi connectivity index (χ2n) is 0. The van der Waals surface area contributed by atoms with Gasteiger partial charge in [-0.05, 0) is 0 Å². The van der Waals surface area contributed by atoms with E-state index in [1.807, 2.05) is 0 Å². The first kappa shape index (κ1) is 52.0. The Bertz CT molecular complexity index is 15.5. The molecule has 48 valence electrons. The molecule has 6 heteroatoms. The molecule has 4 radical (unpaired) electrons. The fourth-order valence-electron chi connectivity index (χ4n) is 0. The molecule has 0 aromatic carbocycles. The van der Waals surface area contributed by atoms with E-state index in [-0.39, 0.29) is 120 Å². The van der Waals surface area contributed by atoms with Gasteiger partial charge in [0, 0.05) is 55.9 Å². The van der Waals surface area contributed by atoms with Gasteiger partial charge in [0.05, 0.1) is 0 Å². The average molecular weight is 407 g/mol. The zero-order valence-electron chi connectivity index (χ0n) is 1.63. The Balaban J connectivity index is 0. The van der Waals surface area contributed by atoms with Gasteiger partial charge in [-0.15, -0.1) is 0 Å². The molecule has 0 nitrogen and oxygen atoms in total. The zero-order valence-corrected chi connectivity index (χ0v) is 9.07. The summed E-state index contributed by atoms with van der Waals surface area (Å²) in [6, 6.07) is 0. The number of hydrogen-bond acceptors (Lipinski definition) is 0. The Morgan fingerprint density at radius 2 is 1.00 bits per heavy atom. The standard InChI is InChI=1S/Ag.Al.Cu.Mg.Ni.Sn.7H. The summed E-state index contributed by atoms with van der Waals surface area (Å²) >= 11 is 0. The van der Waals surface area contributed by atoms with Crippen molar-refractivity contribution in [3.63, 3.8) is 0 Å². The Labute approximate surface area is 118 Å². The Morgan fingerprint density at radius 1 is 1.00 bits per heavy atom. The molecule has 0 aliphatic heterocycles. The van der Waals surface area contributed by atoms with Crippen LogP contribution in [0.4, 0.5) is 0 Å². The third-order valence-corrected chi connectivity index (χ3v) is 0. The molecule has 0 saturated heterocycles. The molecule has 0 fully saturated rings. The molecule has 0 aromatic rings. The summed E-state index contributed by atoms with van der Waals surface area (Å²) in [5, 5.41) is 0. The van der Waals surface area contributed by atoms with Crippen LogP contribution in [0.1, 0.15) is 0 Å². The third-order valence-electron chi connectivity index (χ3n) is 0. The summed E-state index contributed by atoms with van der Waals surface area (Å²) in [5.74, 6) is 0. The second kappa shape index (κ2) is 36.8. The maximum atomic E-state index is 0. The first-order chi connectivity index (χ1) is 0. The van der Waals surface area contributed by atoms with E-state index in [0.29, 0.717) is 0 Å². The van der Waals surface area contributed by atoms with E-state index in [2.05, 4.69) is 0 Å². The summed E-state index contributed by atoms with van der Waals surface area (Å²) in [6.45, 7) is 0. The number of hydrogen-bond donors (Lipinski definition) is 0. The molecular weight excluding hydrogens is 400 g/mol. The summed E-state index contributed by atoms with van der Waals surface area (Å²) in [4.78, 5) is 0. The maximum absolute atomic E-state index is 0. The van der Waals surface area contributed by atoms with E-state index in [4.69, 9.17) is 0 Å². The summed E-state index contributed by atoms with van der Waals surface area (Å²) in [5.41, 5.74) is 0. The van der Waals surface area contributed by atoms with Gasteiger partial charge in [-0.25, -0.2) is 0 Å². The summed E-state index contributed by atoms with van der Waals surface area (Å²) < 4.78 is 0. The zero-order chi connectivity index (χ0) is 0. The molecule has 0 atom stereocenters. The van der Waals surface area contributed by atoms with Crippen LogP contribution in [-0.2, 0) is 55.9 Å². The van der Waals surface area contributed by atoms with Crippen LogP contribution in [0.3, 0.4) is 0 Å². The van der Waals surface area contributed by atoms with Gasteiger partial charge in [-0.2, -0.15) is 0 Å². The van der Waals surface area contributed by atoms with Crippen LogP contribution in [0, 0.1) is 0 Å². The fraction of sp³-hybridized carbons (Fsp3) is 0. The molecule has 0 aliphatic carbocycles. The van der Waals surface area contributed by atoms with E-state index in [1.165, 1.54) is 0 Å². The van der Waals surface area contributed by atoms with Crippen LogP contribution in [0.25, 0.3) is 0 Å². The van der Waals surface area contributed by atoms with E-state index in [1.54, 1.807) is 0 Å². The molecule has 0 heterocycles. The molecule has 0 bridgehead atoms. The van der Waals surface area contributed by atoms with Crippen molar-refractivity contribution in [3.05, 3.63) is 0 Å². The topological polar surface area (TPSA) is 0 Å². The van der Waals surface area contributed by atoms with Crippen molar-refractivity contribution >= 4 is 64.3 Å². The van der Waals surface area contributed by atoms with Crippen molar-refractivity contribution in [2.75, 3.05) is 0 Å². The molecule has 0 aliphatic rings. The summed E-state index contributed by atoms with van der Waals surface area (Å²) in [7, 11) is 0. The minimum atomic E-state index is 0. The Morgan fingerprint density at radius 3 is 1.00 bits per heavy atom. The Hall–Kier alpha value is 3.85. The third kappa shape index (κ3) is 24.8. The molecule has 0 saturated carbocycles. The average Bonchev–Trinajstić information content (AvgIpc) is 0. The van der Waals surface area contributed by atoms with Gasteiger partial charge in [0.1, 0.15) is 0 Å². The predicted octanol–water partition coefficient (Wildman–Crippen LogP) is -3.02. The van der Waals surface area contributed by atoms with Crippen molar-refractivity contribution in [3.8, 4) is 0 Å². The number of rotatable bonds is 0. The van der Waals surface area contributed by atoms with Crippen molar-refractivity contribution in [1.29, 1.82) is 0 Å². The monoisotopic (exact) mass is 406 g/mol. The quantitative estimate of drug-likeness (QED) is 0.376. The van der Waals surface area contributed by atoms with Crippen LogP contribution >= 0.6 is 0 Å². The van der Waals surface area contributed by atoms with Crippen LogP contribution in [-0.4, -0.2) is 64.3 Å². The first-order valence-corrected chi connectivity index (χ1v) is 0. The first-order valence-electron chi connectivity index (χ1n) is 0. The van der Waals surface area contributed by atoms with Crippen molar-refractivity contribution in [2.45, 2.75) is 0 Å². The van der Waals surface area contributed by atoms with Gasteiger partial charge in [0.2, 0.25) is 0 Å². The van der Waals surface area contributed by atoms with Crippen molar-refractivity contribution in [1.82, 2.24) is 0 Å². The van der Waals surface area contributed by atoms with Crippen LogP contribution < -0.4 is 0 Å². The van der Waals surface area contributed by atoms with E-state index in [0.717, 1.165) is 0 Å². The molecule has 0 spiro atoms. The van der Waals surface area contributed by atoms with Gasteiger partial charge in [0.25, 0.3) is 0 Å². The molecule has 0 unspecified atom stereocenters. The van der Waals surface area contributed by atoms with Crippen LogP contribution in [0.15, 0.2) is 0 Å². The van der Waals surface area contributed by atoms with Crippen molar-refractivity contribution in [2.24, 2.45) is 0 Å². The van der Waals surface area contributed by atoms with Gasteiger partial charge >= 0.3 is 47.0 Å². The second-order valence-corrected chi connectivity index (χ2v) is 0. The van der Waals surface area contributed by atoms with Gasteiger partial charge in [0.15, 0.2) is 17.4 Å².